The summed E-state index contributed by atoms with van der Waals surface area (Å²) in [7, 11) is 1.51. The van der Waals surface area contributed by atoms with Crippen LogP contribution in [0.4, 0.5) is 11.4 Å². The van der Waals surface area contributed by atoms with Crippen molar-refractivity contribution in [3.8, 4) is 5.75 Å². The third-order valence-electron chi connectivity index (χ3n) is 4.80. The number of amides is 2. The molecule has 0 spiro atoms. The predicted octanol–water partition coefficient (Wildman–Crippen LogP) is 3.04. The molecule has 2 aliphatic heterocycles. The van der Waals surface area contributed by atoms with E-state index in [1.54, 1.807) is 18.2 Å². The molecule has 0 bridgehead atoms. The molecular formula is C19H17ClN2O3. The number of methoxy groups -OCH3 is 1. The van der Waals surface area contributed by atoms with E-state index in [-0.39, 0.29) is 18.2 Å². The van der Waals surface area contributed by atoms with E-state index in [1.165, 1.54) is 17.6 Å². The van der Waals surface area contributed by atoms with E-state index < -0.39 is 6.04 Å². The number of carbonyl (C=O) groups excluding carboxylic acids is 2. The van der Waals surface area contributed by atoms with Crippen molar-refractivity contribution in [2.45, 2.75) is 18.9 Å². The quantitative estimate of drug-likeness (QED) is 0.793. The second-order valence-corrected chi connectivity index (χ2v) is 6.61. The van der Waals surface area contributed by atoms with Crippen LogP contribution in [-0.2, 0) is 16.0 Å². The summed E-state index contributed by atoms with van der Waals surface area (Å²) in [5.41, 5.74) is 2.65. The summed E-state index contributed by atoms with van der Waals surface area (Å²) in [6, 6.07) is 12.5. The van der Waals surface area contributed by atoms with Crippen LogP contribution in [0.15, 0.2) is 42.5 Å². The summed E-state index contributed by atoms with van der Waals surface area (Å²) in [4.78, 5) is 28.9. The average molecular weight is 357 g/mol. The van der Waals surface area contributed by atoms with Gasteiger partial charge in [0.25, 0.3) is 5.91 Å². The molecule has 1 atom stereocenters. The van der Waals surface area contributed by atoms with Gasteiger partial charge in [0, 0.05) is 17.3 Å². The van der Waals surface area contributed by atoms with E-state index >= 15 is 0 Å². The van der Waals surface area contributed by atoms with Crippen LogP contribution >= 0.6 is 11.6 Å². The lowest BCUT2D eigenvalue weighted by atomic mass is 10.1. The minimum Gasteiger partial charge on any atom is -0.495 e. The molecule has 128 valence electrons. The fourth-order valence-corrected chi connectivity index (χ4v) is 3.80. The third-order valence-corrected chi connectivity index (χ3v) is 5.04. The number of halogens is 1. The molecule has 2 amide bonds. The predicted molar refractivity (Wildman–Crippen MR) is 96.4 cm³/mol. The number of ether oxygens (including phenoxy) is 1. The molecule has 1 fully saturated rings. The van der Waals surface area contributed by atoms with Gasteiger partial charge in [0.15, 0.2) is 0 Å². The highest BCUT2D eigenvalue weighted by atomic mass is 35.5. The maximum Gasteiger partial charge on any atom is 0.257 e. The van der Waals surface area contributed by atoms with E-state index in [9.17, 15) is 9.59 Å². The summed E-state index contributed by atoms with van der Waals surface area (Å²) in [6.45, 7) is 0.740. The molecular weight excluding hydrogens is 340 g/mol. The van der Waals surface area contributed by atoms with Crippen molar-refractivity contribution < 1.29 is 14.3 Å². The molecule has 2 aromatic rings. The number of nitrogens with zero attached hydrogens (tertiary/aromatic N) is 2. The van der Waals surface area contributed by atoms with Crippen LogP contribution in [0.25, 0.3) is 0 Å². The van der Waals surface area contributed by atoms with Gasteiger partial charge in [0.2, 0.25) is 5.91 Å². The monoisotopic (exact) mass is 356 g/mol. The fraction of sp³-hybridized carbons (Fsp3) is 0.263. The maximum absolute atomic E-state index is 13.1. The maximum atomic E-state index is 13.1. The van der Waals surface area contributed by atoms with Crippen molar-refractivity contribution in [3.63, 3.8) is 0 Å². The number of rotatable bonds is 3. The van der Waals surface area contributed by atoms with Gasteiger partial charge in [0.05, 0.1) is 19.2 Å². The van der Waals surface area contributed by atoms with Gasteiger partial charge >= 0.3 is 0 Å². The number of para-hydroxylation sites is 1. The van der Waals surface area contributed by atoms with Crippen molar-refractivity contribution >= 4 is 34.8 Å². The van der Waals surface area contributed by atoms with Crippen LogP contribution in [-0.4, -0.2) is 31.5 Å². The molecule has 0 unspecified atom stereocenters. The molecule has 4 rings (SSSR count). The molecule has 0 saturated carbocycles. The summed E-state index contributed by atoms with van der Waals surface area (Å²) in [5.74, 6) is -0.0178. The van der Waals surface area contributed by atoms with E-state index in [2.05, 4.69) is 6.07 Å². The van der Waals surface area contributed by atoms with Crippen LogP contribution in [0.5, 0.6) is 5.75 Å². The van der Waals surface area contributed by atoms with Crippen molar-refractivity contribution in [1.29, 1.82) is 0 Å². The zero-order chi connectivity index (χ0) is 17.6. The topological polar surface area (TPSA) is 49.9 Å². The first-order valence-corrected chi connectivity index (χ1v) is 8.53. The van der Waals surface area contributed by atoms with Crippen molar-refractivity contribution in [3.05, 3.63) is 53.1 Å². The molecule has 2 aliphatic rings. The summed E-state index contributed by atoms with van der Waals surface area (Å²) in [5, 5.41) is 0.450. The van der Waals surface area contributed by atoms with Gasteiger partial charge in [-0.15, -0.1) is 0 Å². The fourth-order valence-electron chi connectivity index (χ4n) is 3.64. The normalized spacial score (nSPS) is 19.5. The zero-order valence-corrected chi connectivity index (χ0v) is 14.5. The Hall–Kier alpha value is -2.53. The first-order valence-electron chi connectivity index (χ1n) is 8.15. The molecule has 25 heavy (non-hydrogen) atoms. The average Bonchev–Trinajstić information content (AvgIpc) is 3.15. The lowest BCUT2D eigenvalue weighted by Crippen LogP contribution is -2.41. The molecule has 6 heteroatoms. The highest BCUT2D eigenvalue weighted by Gasteiger charge is 2.45. The van der Waals surface area contributed by atoms with Crippen LogP contribution < -0.4 is 14.5 Å². The molecule has 2 aromatic carbocycles. The smallest absolute Gasteiger partial charge is 0.257 e. The van der Waals surface area contributed by atoms with Crippen LogP contribution in [0.3, 0.4) is 0 Å². The molecule has 0 aromatic heterocycles. The van der Waals surface area contributed by atoms with E-state index in [4.69, 9.17) is 16.3 Å². The lowest BCUT2D eigenvalue weighted by Gasteiger charge is -2.25. The van der Waals surface area contributed by atoms with E-state index in [1.807, 2.05) is 23.1 Å². The standard InChI is InChI=1S/C19H17ClN2O3/c1-25-17-7-6-13(20)10-15(17)22-18(23)11-16(19(22)24)21-9-8-12-4-2-3-5-14(12)21/h2-7,10,16H,8-9,11H2,1H3/t16-/m0/s1. The van der Waals surface area contributed by atoms with E-state index in [0.717, 1.165) is 18.7 Å². The Labute approximate surface area is 150 Å². The Morgan fingerprint density at radius 2 is 1.92 bits per heavy atom. The molecule has 0 radical (unpaired) electrons. The molecule has 1 saturated heterocycles. The molecule has 2 heterocycles. The molecule has 0 N–H and O–H groups in total. The van der Waals surface area contributed by atoms with Gasteiger partial charge in [-0.3, -0.25) is 9.59 Å². The summed E-state index contributed by atoms with van der Waals surface area (Å²) in [6.07, 6.45) is 1.04. The second-order valence-electron chi connectivity index (χ2n) is 6.18. The summed E-state index contributed by atoms with van der Waals surface area (Å²) < 4.78 is 5.31. The van der Waals surface area contributed by atoms with Gasteiger partial charge in [-0.05, 0) is 36.2 Å². The van der Waals surface area contributed by atoms with Crippen LogP contribution in [0, 0.1) is 0 Å². The zero-order valence-electron chi connectivity index (χ0n) is 13.7. The van der Waals surface area contributed by atoms with Gasteiger partial charge in [0.1, 0.15) is 11.8 Å². The van der Waals surface area contributed by atoms with Crippen molar-refractivity contribution in [2.24, 2.45) is 0 Å². The minimum atomic E-state index is -0.486. The summed E-state index contributed by atoms with van der Waals surface area (Å²) >= 11 is 6.06. The highest BCUT2D eigenvalue weighted by Crippen LogP contribution is 2.38. The number of hydrogen-bond donors (Lipinski definition) is 0. The first kappa shape index (κ1) is 16.0. The number of fused-ring (bicyclic) bond motifs is 1. The number of anilines is 2. The minimum absolute atomic E-state index is 0.156. The SMILES string of the molecule is COc1ccc(Cl)cc1N1C(=O)C[C@H](N2CCc3ccccc32)C1=O. The van der Waals surface area contributed by atoms with Gasteiger partial charge < -0.3 is 9.64 Å². The van der Waals surface area contributed by atoms with Crippen molar-refractivity contribution in [2.75, 3.05) is 23.5 Å². The number of imide groups is 1. The Kier molecular flexibility index (Phi) is 3.88. The number of hydrogen-bond acceptors (Lipinski definition) is 4. The van der Waals surface area contributed by atoms with E-state index in [0.29, 0.717) is 16.5 Å². The Morgan fingerprint density at radius 1 is 1.12 bits per heavy atom. The number of benzene rings is 2. The van der Waals surface area contributed by atoms with Gasteiger partial charge in [-0.1, -0.05) is 29.8 Å². The second kappa shape index (κ2) is 6.08. The highest BCUT2D eigenvalue weighted by molar-refractivity contribution is 6.31. The van der Waals surface area contributed by atoms with Gasteiger partial charge in [-0.2, -0.15) is 0 Å². The largest absolute Gasteiger partial charge is 0.495 e. The van der Waals surface area contributed by atoms with Crippen molar-refractivity contribution in [1.82, 2.24) is 0 Å². The van der Waals surface area contributed by atoms with Crippen LogP contribution in [0.1, 0.15) is 12.0 Å². The third kappa shape index (κ3) is 2.55. The van der Waals surface area contributed by atoms with Gasteiger partial charge in [-0.25, -0.2) is 4.90 Å². The Bertz CT molecular complexity index is 867. The Balaban J connectivity index is 1.69. The first-order chi connectivity index (χ1) is 12.1. The molecule has 0 aliphatic carbocycles. The van der Waals surface area contributed by atoms with Crippen LogP contribution in [0.2, 0.25) is 5.02 Å². The molecule has 5 nitrogen and oxygen atoms in total. The lowest BCUT2D eigenvalue weighted by molar-refractivity contribution is -0.121. The number of carbonyl (C=O) groups is 2. The Morgan fingerprint density at radius 3 is 2.72 bits per heavy atom.